The second-order valence-electron chi connectivity index (χ2n) is 5.13. The molecule has 2 aromatic heterocycles. The van der Waals surface area contributed by atoms with Crippen LogP contribution >= 0.6 is 0 Å². The zero-order chi connectivity index (χ0) is 15.5. The molecule has 3 rings (SSSR count). The molecular formula is C16H17N5O. The van der Waals surface area contributed by atoms with E-state index in [-0.39, 0.29) is 5.91 Å². The predicted molar refractivity (Wildman–Crippen MR) is 84.7 cm³/mol. The molecule has 2 heterocycles. The van der Waals surface area contributed by atoms with Gasteiger partial charge >= 0.3 is 0 Å². The number of carbonyl (C=O) groups excluding carboxylic acids is 1. The Morgan fingerprint density at radius 1 is 1.32 bits per heavy atom. The largest absolute Gasteiger partial charge is 0.288 e. The molecule has 0 spiro atoms. The van der Waals surface area contributed by atoms with Crippen molar-refractivity contribution in [3.63, 3.8) is 0 Å². The topological polar surface area (TPSA) is 72.7 Å². The number of fused-ring (bicyclic) bond motifs is 1. The number of nitrogens with zero attached hydrogens (tertiary/aromatic N) is 4. The lowest BCUT2D eigenvalue weighted by molar-refractivity contribution is 0.102. The first-order valence-electron chi connectivity index (χ1n) is 7.24. The van der Waals surface area contributed by atoms with Crippen molar-refractivity contribution in [2.24, 2.45) is 0 Å². The summed E-state index contributed by atoms with van der Waals surface area (Å²) in [5.41, 5.74) is 2.18. The van der Waals surface area contributed by atoms with E-state index >= 15 is 0 Å². The third kappa shape index (κ3) is 2.81. The van der Waals surface area contributed by atoms with Gasteiger partial charge in [-0.05, 0) is 31.0 Å². The van der Waals surface area contributed by atoms with Crippen molar-refractivity contribution in [3.05, 3.63) is 47.9 Å². The Kier molecular flexibility index (Phi) is 3.82. The average molecular weight is 295 g/mol. The summed E-state index contributed by atoms with van der Waals surface area (Å²) >= 11 is 0. The normalized spacial score (nSPS) is 10.8. The molecule has 0 unspecified atom stereocenters. The van der Waals surface area contributed by atoms with E-state index in [0.29, 0.717) is 11.6 Å². The van der Waals surface area contributed by atoms with Crippen LogP contribution in [0.25, 0.3) is 10.9 Å². The second kappa shape index (κ2) is 5.93. The fourth-order valence-corrected chi connectivity index (χ4v) is 2.32. The van der Waals surface area contributed by atoms with Gasteiger partial charge in [-0.1, -0.05) is 25.1 Å². The zero-order valence-corrected chi connectivity index (χ0v) is 12.6. The fourth-order valence-electron chi connectivity index (χ4n) is 2.32. The van der Waals surface area contributed by atoms with Gasteiger partial charge in [-0.25, -0.2) is 9.97 Å². The third-order valence-electron chi connectivity index (χ3n) is 3.37. The van der Waals surface area contributed by atoms with E-state index in [0.717, 1.165) is 29.4 Å². The SMILES string of the molecule is CCCn1cnc(NC(=O)c2cc(C)c3ccccc3n2)n1. The van der Waals surface area contributed by atoms with Crippen LogP contribution in [0.3, 0.4) is 0 Å². The lowest BCUT2D eigenvalue weighted by atomic mass is 10.1. The number of hydrogen-bond donors (Lipinski definition) is 1. The van der Waals surface area contributed by atoms with Crippen molar-refractivity contribution in [3.8, 4) is 0 Å². The summed E-state index contributed by atoms with van der Waals surface area (Å²) in [6.07, 6.45) is 2.57. The first-order chi connectivity index (χ1) is 10.7. The van der Waals surface area contributed by atoms with Crippen LogP contribution in [-0.2, 0) is 6.54 Å². The van der Waals surface area contributed by atoms with Gasteiger partial charge in [0.05, 0.1) is 5.52 Å². The van der Waals surface area contributed by atoms with Crippen LogP contribution in [0.5, 0.6) is 0 Å². The highest BCUT2D eigenvalue weighted by Crippen LogP contribution is 2.17. The van der Waals surface area contributed by atoms with Gasteiger partial charge in [-0.3, -0.25) is 14.8 Å². The summed E-state index contributed by atoms with van der Waals surface area (Å²) in [6, 6.07) is 9.53. The Labute approximate surface area is 128 Å². The Morgan fingerprint density at radius 3 is 2.95 bits per heavy atom. The van der Waals surface area contributed by atoms with Gasteiger partial charge < -0.3 is 0 Å². The van der Waals surface area contributed by atoms with Crippen molar-refractivity contribution in [1.29, 1.82) is 0 Å². The Bertz CT molecular complexity index is 824. The van der Waals surface area contributed by atoms with Crippen LogP contribution in [0.4, 0.5) is 5.95 Å². The van der Waals surface area contributed by atoms with Gasteiger partial charge in [0.25, 0.3) is 5.91 Å². The van der Waals surface area contributed by atoms with E-state index in [2.05, 4.69) is 27.3 Å². The molecule has 0 atom stereocenters. The van der Waals surface area contributed by atoms with Gasteiger partial charge in [0.15, 0.2) is 0 Å². The molecule has 0 saturated carbocycles. The van der Waals surface area contributed by atoms with Gasteiger partial charge in [-0.15, -0.1) is 5.10 Å². The van der Waals surface area contributed by atoms with E-state index < -0.39 is 0 Å². The summed E-state index contributed by atoms with van der Waals surface area (Å²) in [4.78, 5) is 20.8. The van der Waals surface area contributed by atoms with E-state index in [1.807, 2.05) is 31.2 Å². The molecular weight excluding hydrogens is 278 g/mol. The van der Waals surface area contributed by atoms with Crippen molar-refractivity contribution >= 4 is 22.8 Å². The monoisotopic (exact) mass is 295 g/mol. The van der Waals surface area contributed by atoms with Crippen molar-refractivity contribution in [1.82, 2.24) is 19.7 Å². The average Bonchev–Trinajstić information content (AvgIpc) is 2.95. The fraction of sp³-hybridized carbons (Fsp3) is 0.250. The maximum absolute atomic E-state index is 12.3. The molecule has 0 saturated heterocycles. The van der Waals surface area contributed by atoms with Crippen LogP contribution in [-0.4, -0.2) is 25.7 Å². The zero-order valence-electron chi connectivity index (χ0n) is 12.6. The lowest BCUT2D eigenvalue weighted by Gasteiger charge is -2.05. The molecule has 1 N–H and O–H groups in total. The van der Waals surface area contributed by atoms with E-state index in [1.54, 1.807) is 17.1 Å². The molecule has 0 aliphatic heterocycles. The standard InChI is InChI=1S/C16H17N5O/c1-3-8-21-10-17-16(20-21)19-15(22)14-9-11(2)12-6-4-5-7-13(12)18-14/h4-7,9-10H,3,8H2,1-2H3,(H,19,20,22). The molecule has 0 bridgehead atoms. The van der Waals surface area contributed by atoms with Crippen LogP contribution in [0, 0.1) is 6.92 Å². The Balaban J connectivity index is 1.85. The van der Waals surface area contributed by atoms with Crippen molar-refractivity contribution < 1.29 is 4.79 Å². The highest BCUT2D eigenvalue weighted by atomic mass is 16.2. The quantitative estimate of drug-likeness (QED) is 0.803. The number of anilines is 1. The van der Waals surface area contributed by atoms with Gasteiger partial charge in [0, 0.05) is 11.9 Å². The molecule has 0 radical (unpaired) electrons. The lowest BCUT2D eigenvalue weighted by Crippen LogP contribution is -2.15. The summed E-state index contributed by atoms with van der Waals surface area (Å²) in [7, 11) is 0. The molecule has 0 aliphatic carbocycles. The van der Waals surface area contributed by atoms with Gasteiger partial charge in [0.2, 0.25) is 5.95 Å². The molecule has 3 aromatic rings. The summed E-state index contributed by atoms with van der Waals surface area (Å²) < 4.78 is 1.70. The number of rotatable bonds is 4. The van der Waals surface area contributed by atoms with E-state index in [4.69, 9.17) is 0 Å². The molecule has 1 amide bonds. The first-order valence-corrected chi connectivity index (χ1v) is 7.24. The predicted octanol–water partition coefficient (Wildman–Crippen LogP) is 2.80. The van der Waals surface area contributed by atoms with Crippen molar-refractivity contribution in [2.45, 2.75) is 26.8 Å². The highest BCUT2D eigenvalue weighted by Gasteiger charge is 2.12. The second-order valence-corrected chi connectivity index (χ2v) is 5.13. The number of amides is 1. The number of hydrogen-bond acceptors (Lipinski definition) is 4. The third-order valence-corrected chi connectivity index (χ3v) is 3.37. The maximum atomic E-state index is 12.3. The van der Waals surface area contributed by atoms with Crippen LogP contribution in [0.2, 0.25) is 0 Å². The Morgan fingerprint density at radius 2 is 2.14 bits per heavy atom. The molecule has 0 fully saturated rings. The van der Waals surface area contributed by atoms with Crippen LogP contribution in [0.15, 0.2) is 36.7 Å². The summed E-state index contributed by atoms with van der Waals surface area (Å²) in [5, 5.41) is 7.93. The molecule has 6 nitrogen and oxygen atoms in total. The van der Waals surface area contributed by atoms with E-state index in [1.165, 1.54) is 0 Å². The molecule has 0 aliphatic rings. The summed E-state index contributed by atoms with van der Waals surface area (Å²) in [6.45, 7) is 4.80. The number of carbonyl (C=O) groups is 1. The Hall–Kier alpha value is -2.76. The van der Waals surface area contributed by atoms with Crippen LogP contribution in [0.1, 0.15) is 29.4 Å². The van der Waals surface area contributed by atoms with Gasteiger partial charge in [-0.2, -0.15) is 0 Å². The molecule has 112 valence electrons. The molecule has 6 heteroatoms. The minimum atomic E-state index is -0.303. The molecule has 22 heavy (non-hydrogen) atoms. The first kappa shape index (κ1) is 14.2. The van der Waals surface area contributed by atoms with Gasteiger partial charge in [0.1, 0.15) is 12.0 Å². The molecule has 1 aromatic carbocycles. The number of aromatic nitrogens is 4. The number of benzene rings is 1. The maximum Gasteiger partial charge on any atom is 0.276 e. The number of pyridine rings is 1. The number of para-hydroxylation sites is 1. The van der Waals surface area contributed by atoms with Crippen LogP contribution < -0.4 is 5.32 Å². The number of nitrogens with one attached hydrogen (secondary N) is 1. The minimum absolute atomic E-state index is 0.297. The smallest absolute Gasteiger partial charge is 0.276 e. The van der Waals surface area contributed by atoms with Crippen molar-refractivity contribution in [2.75, 3.05) is 5.32 Å². The van der Waals surface area contributed by atoms with E-state index in [9.17, 15) is 4.79 Å². The highest BCUT2D eigenvalue weighted by molar-refractivity contribution is 6.03. The summed E-state index contributed by atoms with van der Waals surface area (Å²) in [5.74, 6) is -0.00540. The number of aryl methyl sites for hydroxylation is 2. The minimum Gasteiger partial charge on any atom is -0.288 e.